The molecular formula is C15H14ClNO4S. The first kappa shape index (κ1) is 16.5. The van der Waals surface area contributed by atoms with Crippen LogP contribution < -0.4 is 4.72 Å². The fourth-order valence-electron chi connectivity index (χ4n) is 1.86. The monoisotopic (exact) mass is 339 g/mol. The van der Waals surface area contributed by atoms with E-state index in [4.69, 9.17) is 11.6 Å². The van der Waals surface area contributed by atoms with E-state index in [0.29, 0.717) is 10.6 Å². The van der Waals surface area contributed by atoms with Gasteiger partial charge >= 0.3 is 5.97 Å². The van der Waals surface area contributed by atoms with Gasteiger partial charge < -0.3 is 5.11 Å². The second-order valence-electron chi connectivity index (χ2n) is 4.76. The largest absolute Gasteiger partial charge is 0.480 e. The van der Waals surface area contributed by atoms with Gasteiger partial charge in [-0.05, 0) is 36.8 Å². The van der Waals surface area contributed by atoms with Gasteiger partial charge in [-0.2, -0.15) is 4.72 Å². The third kappa shape index (κ3) is 3.85. The summed E-state index contributed by atoms with van der Waals surface area (Å²) in [5.41, 5.74) is 1.21. The zero-order valence-electron chi connectivity index (χ0n) is 11.7. The van der Waals surface area contributed by atoms with Crippen LogP contribution in [-0.4, -0.2) is 19.5 Å². The van der Waals surface area contributed by atoms with Gasteiger partial charge in [-0.1, -0.05) is 41.4 Å². The zero-order valence-corrected chi connectivity index (χ0v) is 13.2. The normalized spacial score (nSPS) is 12.8. The summed E-state index contributed by atoms with van der Waals surface area (Å²) in [7, 11) is -3.94. The first-order valence-electron chi connectivity index (χ1n) is 6.37. The highest BCUT2D eigenvalue weighted by Gasteiger charge is 2.26. The van der Waals surface area contributed by atoms with Crippen LogP contribution in [0.1, 0.15) is 17.2 Å². The Kier molecular flexibility index (Phi) is 4.85. The summed E-state index contributed by atoms with van der Waals surface area (Å²) in [6, 6.07) is 10.7. The Bertz CT molecular complexity index is 770. The Morgan fingerprint density at radius 3 is 2.14 bits per heavy atom. The van der Waals surface area contributed by atoms with Gasteiger partial charge in [0.05, 0.1) is 4.90 Å². The molecule has 0 heterocycles. The van der Waals surface area contributed by atoms with E-state index in [9.17, 15) is 18.3 Å². The van der Waals surface area contributed by atoms with Crippen molar-refractivity contribution in [2.75, 3.05) is 0 Å². The number of aliphatic carboxylic acids is 1. The molecule has 0 aliphatic rings. The van der Waals surface area contributed by atoms with Gasteiger partial charge in [0, 0.05) is 5.02 Å². The number of hydrogen-bond acceptors (Lipinski definition) is 3. The van der Waals surface area contributed by atoms with Crippen LogP contribution in [0, 0.1) is 6.92 Å². The molecule has 1 atom stereocenters. The average Bonchev–Trinajstić information content (AvgIpc) is 2.46. The number of sulfonamides is 1. The van der Waals surface area contributed by atoms with Crippen molar-refractivity contribution in [2.45, 2.75) is 17.9 Å². The lowest BCUT2D eigenvalue weighted by atomic mass is 10.1. The molecule has 2 rings (SSSR count). The molecule has 0 amide bonds. The molecule has 0 saturated carbocycles. The quantitative estimate of drug-likeness (QED) is 0.877. The molecule has 2 N–H and O–H groups in total. The molecule has 0 aromatic heterocycles. The van der Waals surface area contributed by atoms with Gasteiger partial charge in [0.1, 0.15) is 6.04 Å². The third-order valence-corrected chi connectivity index (χ3v) is 4.75. The molecule has 1 unspecified atom stereocenters. The van der Waals surface area contributed by atoms with Crippen molar-refractivity contribution >= 4 is 27.6 Å². The van der Waals surface area contributed by atoms with E-state index in [0.717, 1.165) is 5.56 Å². The highest BCUT2D eigenvalue weighted by molar-refractivity contribution is 7.89. The number of rotatable bonds is 5. The second-order valence-corrected chi connectivity index (χ2v) is 6.91. The molecule has 0 aliphatic heterocycles. The third-order valence-electron chi connectivity index (χ3n) is 3.05. The molecule has 2 aromatic rings. The van der Waals surface area contributed by atoms with E-state index in [1.165, 1.54) is 36.4 Å². The summed E-state index contributed by atoms with van der Waals surface area (Å²) in [5.74, 6) is -1.29. The average molecular weight is 340 g/mol. The summed E-state index contributed by atoms with van der Waals surface area (Å²) in [6.45, 7) is 1.83. The van der Waals surface area contributed by atoms with Crippen molar-refractivity contribution < 1.29 is 18.3 Å². The maximum atomic E-state index is 12.3. The van der Waals surface area contributed by atoms with E-state index in [-0.39, 0.29) is 4.90 Å². The van der Waals surface area contributed by atoms with E-state index in [1.54, 1.807) is 12.1 Å². The number of carboxylic acid groups (broad SMARTS) is 1. The number of nitrogens with one attached hydrogen (secondary N) is 1. The van der Waals surface area contributed by atoms with Crippen molar-refractivity contribution in [3.05, 3.63) is 64.7 Å². The molecule has 0 aliphatic carbocycles. The summed E-state index contributed by atoms with van der Waals surface area (Å²) >= 11 is 5.75. The number of benzene rings is 2. The smallest absolute Gasteiger partial charge is 0.326 e. The van der Waals surface area contributed by atoms with E-state index in [2.05, 4.69) is 4.72 Å². The van der Waals surface area contributed by atoms with Crippen LogP contribution in [0.3, 0.4) is 0 Å². The molecule has 116 valence electrons. The van der Waals surface area contributed by atoms with Crippen LogP contribution in [0.15, 0.2) is 53.4 Å². The minimum Gasteiger partial charge on any atom is -0.480 e. The molecule has 5 nitrogen and oxygen atoms in total. The van der Waals surface area contributed by atoms with Crippen molar-refractivity contribution in [3.8, 4) is 0 Å². The number of hydrogen-bond donors (Lipinski definition) is 2. The van der Waals surface area contributed by atoms with Crippen LogP contribution >= 0.6 is 11.6 Å². The van der Waals surface area contributed by atoms with E-state index in [1.807, 2.05) is 6.92 Å². The number of aryl methyl sites for hydroxylation is 1. The highest BCUT2D eigenvalue weighted by atomic mass is 35.5. The van der Waals surface area contributed by atoms with Crippen LogP contribution in [0.25, 0.3) is 0 Å². The van der Waals surface area contributed by atoms with Gasteiger partial charge in [-0.3, -0.25) is 4.79 Å². The standard InChI is InChI=1S/C15H14ClNO4S/c1-10-2-8-13(9-3-10)22(20,21)17-14(15(18)19)11-4-6-12(16)7-5-11/h2-9,14,17H,1H3,(H,18,19). The van der Waals surface area contributed by atoms with Crippen molar-refractivity contribution in [2.24, 2.45) is 0 Å². The first-order chi connectivity index (χ1) is 10.3. The maximum Gasteiger partial charge on any atom is 0.326 e. The summed E-state index contributed by atoms with van der Waals surface area (Å²) in [6.07, 6.45) is 0. The molecular weight excluding hydrogens is 326 g/mol. The molecule has 7 heteroatoms. The lowest BCUT2D eigenvalue weighted by Gasteiger charge is -2.15. The van der Waals surface area contributed by atoms with Crippen molar-refractivity contribution in [1.29, 1.82) is 0 Å². The fraction of sp³-hybridized carbons (Fsp3) is 0.133. The number of carbonyl (C=O) groups is 1. The zero-order chi connectivity index (χ0) is 16.3. The Morgan fingerprint density at radius 1 is 1.09 bits per heavy atom. The predicted octanol–water partition coefficient (Wildman–Crippen LogP) is 2.75. The van der Waals surface area contributed by atoms with Crippen LogP contribution in [0.2, 0.25) is 5.02 Å². The predicted molar refractivity (Wildman–Crippen MR) is 83.3 cm³/mol. The van der Waals surface area contributed by atoms with Crippen LogP contribution in [0.5, 0.6) is 0 Å². The molecule has 0 spiro atoms. The Morgan fingerprint density at radius 2 is 1.64 bits per heavy atom. The SMILES string of the molecule is Cc1ccc(S(=O)(=O)NC(C(=O)O)c2ccc(Cl)cc2)cc1. The lowest BCUT2D eigenvalue weighted by molar-refractivity contribution is -0.139. The van der Waals surface area contributed by atoms with Gasteiger partial charge in [-0.15, -0.1) is 0 Å². The molecule has 0 fully saturated rings. The van der Waals surface area contributed by atoms with E-state index >= 15 is 0 Å². The number of halogens is 1. The van der Waals surface area contributed by atoms with Crippen molar-refractivity contribution in [3.63, 3.8) is 0 Å². The molecule has 0 radical (unpaired) electrons. The first-order valence-corrected chi connectivity index (χ1v) is 8.23. The lowest BCUT2D eigenvalue weighted by Crippen LogP contribution is -2.33. The fourth-order valence-corrected chi connectivity index (χ4v) is 3.16. The van der Waals surface area contributed by atoms with Gasteiger partial charge in [0.25, 0.3) is 0 Å². The van der Waals surface area contributed by atoms with E-state index < -0.39 is 22.0 Å². The Balaban J connectivity index is 2.33. The van der Waals surface area contributed by atoms with Crippen LogP contribution in [0.4, 0.5) is 0 Å². The van der Waals surface area contributed by atoms with Gasteiger partial charge in [0.2, 0.25) is 10.0 Å². The van der Waals surface area contributed by atoms with Gasteiger partial charge in [0.15, 0.2) is 0 Å². The molecule has 0 bridgehead atoms. The summed E-state index contributed by atoms with van der Waals surface area (Å²) < 4.78 is 26.8. The Labute approximate surface area is 133 Å². The minimum atomic E-state index is -3.94. The van der Waals surface area contributed by atoms with Crippen molar-refractivity contribution in [1.82, 2.24) is 4.72 Å². The molecule has 0 saturated heterocycles. The van der Waals surface area contributed by atoms with Crippen LogP contribution in [-0.2, 0) is 14.8 Å². The topological polar surface area (TPSA) is 83.5 Å². The summed E-state index contributed by atoms with van der Waals surface area (Å²) in [5, 5.41) is 9.73. The van der Waals surface area contributed by atoms with Gasteiger partial charge in [-0.25, -0.2) is 8.42 Å². The molecule has 2 aromatic carbocycles. The Hall–Kier alpha value is -1.89. The highest BCUT2D eigenvalue weighted by Crippen LogP contribution is 2.20. The summed E-state index contributed by atoms with van der Waals surface area (Å²) in [4.78, 5) is 11.4. The molecule has 22 heavy (non-hydrogen) atoms. The minimum absolute atomic E-state index is 0.0123. The second kappa shape index (κ2) is 6.48. The number of carboxylic acids is 1. The maximum absolute atomic E-state index is 12.3.